The lowest BCUT2D eigenvalue weighted by Crippen LogP contribution is -2.08. The van der Waals surface area contributed by atoms with Gasteiger partial charge >= 0.3 is 0 Å². The predicted octanol–water partition coefficient (Wildman–Crippen LogP) is 2.46. The van der Waals surface area contributed by atoms with Crippen molar-refractivity contribution in [2.45, 2.75) is 13.1 Å². The molecule has 2 aromatic rings. The summed E-state index contributed by atoms with van der Waals surface area (Å²) in [6.45, 7) is 1.96. The van der Waals surface area contributed by atoms with Crippen molar-refractivity contribution < 1.29 is 4.39 Å². The third-order valence-electron chi connectivity index (χ3n) is 2.97. The minimum atomic E-state index is -1.07. The lowest BCUT2D eigenvalue weighted by molar-refractivity contribution is 0.353. The van der Waals surface area contributed by atoms with Gasteiger partial charge in [-0.2, -0.15) is 0 Å². The van der Waals surface area contributed by atoms with Crippen LogP contribution in [0, 0.1) is 6.92 Å². The lowest BCUT2D eigenvalue weighted by Gasteiger charge is -2.05. The minimum absolute atomic E-state index is 0.0366. The third-order valence-corrected chi connectivity index (χ3v) is 2.97. The molecule has 0 aliphatic heterocycles. The molecule has 0 aliphatic rings. The first-order valence-corrected chi connectivity index (χ1v) is 5.05. The Labute approximate surface area is 88.5 Å². The largest absolute Gasteiger partial charge is 0.348 e. The van der Waals surface area contributed by atoms with Gasteiger partial charge in [0.2, 0.25) is 0 Å². The van der Waals surface area contributed by atoms with Crippen LogP contribution in [-0.4, -0.2) is 11.1 Å². The van der Waals surface area contributed by atoms with Gasteiger partial charge in [0.05, 0.1) is 0 Å². The SMILES string of the molecule is Cc1c(C(F)CN)c2ccccc2n1C. The molecule has 0 aliphatic carbocycles. The molecule has 80 valence electrons. The number of aryl methyl sites for hydroxylation is 1. The van der Waals surface area contributed by atoms with Crippen molar-refractivity contribution in [1.82, 2.24) is 4.57 Å². The van der Waals surface area contributed by atoms with E-state index in [-0.39, 0.29) is 6.54 Å². The molecular weight excluding hydrogens is 191 g/mol. The lowest BCUT2D eigenvalue weighted by atomic mass is 10.1. The predicted molar refractivity (Wildman–Crippen MR) is 60.6 cm³/mol. The number of hydrogen-bond acceptors (Lipinski definition) is 1. The third kappa shape index (κ3) is 1.43. The van der Waals surface area contributed by atoms with Crippen LogP contribution in [0.15, 0.2) is 24.3 Å². The fourth-order valence-electron chi connectivity index (χ4n) is 2.06. The van der Waals surface area contributed by atoms with Gasteiger partial charge in [-0.25, -0.2) is 4.39 Å². The van der Waals surface area contributed by atoms with Gasteiger partial charge in [-0.1, -0.05) is 18.2 Å². The summed E-state index contributed by atoms with van der Waals surface area (Å²) >= 11 is 0. The van der Waals surface area contributed by atoms with Gasteiger partial charge in [-0.05, 0) is 13.0 Å². The molecule has 3 heteroatoms. The van der Waals surface area contributed by atoms with Crippen LogP contribution in [0.25, 0.3) is 10.9 Å². The summed E-state index contributed by atoms with van der Waals surface area (Å²) in [5, 5.41) is 0.968. The smallest absolute Gasteiger partial charge is 0.140 e. The van der Waals surface area contributed by atoms with E-state index in [1.807, 2.05) is 42.8 Å². The van der Waals surface area contributed by atoms with Crippen LogP contribution >= 0.6 is 0 Å². The normalized spacial score (nSPS) is 13.3. The second kappa shape index (κ2) is 3.66. The van der Waals surface area contributed by atoms with Crippen LogP contribution in [0.2, 0.25) is 0 Å². The van der Waals surface area contributed by atoms with Crippen LogP contribution in [0.4, 0.5) is 4.39 Å². The highest BCUT2D eigenvalue weighted by Crippen LogP contribution is 2.31. The number of nitrogens with two attached hydrogens (primary N) is 1. The Morgan fingerprint density at radius 1 is 1.40 bits per heavy atom. The Hall–Kier alpha value is -1.35. The van der Waals surface area contributed by atoms with Gasteiger partial charge in [0.15, 0.2) is 0 Å². The van der Waals surface area contributed by atoms with E-state index in [2.05, 4.69) is 0 Å². The van der Waals surface area contributed by atoms with Crippen molar-refractivity contribution in [3.05, 3.63) is 35.5 Å². The summed E-state index contributed by atoms with van der Waals surface area (Å²) in [5.74, 6) is 0. The highest BCUT2D eigenvalue weighted by atomic mass is 19.1. The van der Waals surface area contributed by atoms with Gasteiger partial charge in [0.25, 0.3) is 0 Å². The molecule has 0 fully saturated rings. The monoisotopic (exact) mass is 206 g/mol. The number of hydrogen-bond donors (Lipinski definition) is 1. The molecule has 2 N–H and O–H groups in total. The van der Waals surface area contributed by atoms with Crippen molar-refractivity contribution in [2.24, 2.45) is 12.8 Å². The average Bonchev–Trinajstić information content (AvgIpc) is 2.52. The first-order valence-electron chi connectivity index (χ1n) is 5.05. The summed E-state index contributed by atoms with van der Waals surface area (Å²) < 4.78 is 15.7. The molecule has 1 unspecified atom stereocenters. The van der Waals surface area contributed by atoms with E-state index in [9.17, 15) is 4.39 Å². The molecule has 1 aromatic heterocycles. The van der Waals surface area contributed by atoms with Gasteiger partial charge in [0, 0.05) is 35.8 Å². The molecule has 0 saturated heterocycles. The Balaban J connectivity index is 2.77. The summed E-state index contributed by atoms with van der Waals surface area (Å²) in [6, 6.07) is 7.82. The maximum atomic E-state index is 13.7. The number of halogens is 1. The van der Waals surface area contributed by atoms with Crippen molar-refractivity contribution in [2.75, 3.05) is 6.54 Å². The summed E-state index contributed by atoms with van der Waals surface area (Å²) in [4.78, 5) is 0. The second-order valence-electron chi connectivity index (χ2n) is 3.78. The van der Waals surface area contributed by atoms with Gasteiger partial charge in [-0.15, -0.1) is 0 Å². The number of alkyl halides is 1. The molecule has 0 saturated carbocycles. The van der Waals surface area contributed by atoms with Crippen LogP contribution in [0.1, 0.15) is 17.4 Å². The number of rotatable bonds is 2. The van der Waals surface area contributed by atoms with Crippen LogP contribution < -0.4 is 5.73 Å². The average molecular weight is 206 g/mol. The molecular formula is C12H15FN2. The fourth-order valence-corrected chi connectivity index (χ4v) is 2.06. The zero-order chi connectivity index (χ0) is 11.0. The zero-order valence-electron chi connectivity index (χ0n) is 9.00. The molecule has 1 aromatic carbocycles. The number of para-hydroxylation sites is 1. The first-order chi connectivity index (χ1) is 7.16. The van der Waals surface area contributed by atoms with E-state index in [4.69, 9.17) is 5.73 Å². The Bertz CT molecular complexity index is 488. The second-order valence-corrected chi connectivity index (χ2v) is 3.78. The quantitative estimate of drug-likeness (QED) is 0.804. The molecule has 0 bridgehead atoms. The number of nitrogens with zero attached hydrogens (tertiary/aromatic N) is 1. The summed E-state index contributed by atoms with van der Waals surface area (Å²) in [5.41, 5.74) is 8.13. The van der Waals surface area contributed by atoms with Gasteiger partial charge in [-0.3, -0.25) is 0 Å². The van der Waals surface area contributed by atoms with E-state index in [1.165, 1.54) is 0 Å². The maximum Gasteiger partial charge on any atom is 0.140 e. The van der Waals surface area contributed by atoms with E-state index in [0.29, 0.717) is 0 Å². The molecule has 2 rings (SSSR count). The van der Waals surface area contributed by atoms with E-state index in [0.717, 1.165) is 22.2 Å². The maximum absolute atomic E-state index is 13.7. The number of benzene rings is 1. The van der Waals surface area contributed by atoms with Crippen molar-refractivity contribution in [1.29, 1.82) is 0 Å². The number of fused-ring (bicyclic) bond motifs is 1. The Morgan fingerprint density at radius 2 is 2.07 bits per heavy atom. The zero-order valence-corrected chi connectivity index (χ0v) is 9.00. The molecule has 1 heterocycles. The van der Waals surface area contributed by atoms with E-state index >= 15 is 0 Å². The Kier molecular flexibility index (Phi) is 2.49. The highest BCUT2D eigenvalue weighted by molar-refractivity contribution is 5.85. The molecule has 1 atom stereocenters. The first kappa shape index (κ1) is 10.2. The van der Waals surface area contributed by atoms with Gasteiger partial charge in [0.1, 0.15) is 6.17 Å². The topological polar surface area (TPSA) is 30.9 Å². The standard InChI is InChI=1S/C12H15FN2/c1-8-12(10(13)7-14)9-5-3-4-6-11(9)15(8)2/h3-6,10H,7,14H2,1-2H3. The number of aromatic nitrogens is 1. The molecule has 0 radical (unpaired) electrons. The van der Waals surface area contributed by atoms with Crippen molar-refractivity contribution in [3.63, 3.8) is 0 Å². The van der Waals surface area contributed by atoms with Crippen molar-refractivity contribution >= 4 is 10.9 Å². The van der Waals surface area contributed by atoms with E-state index < -0.39 is 6.17 Å². The van der Waals surface area contributed by atoms with Crippen LogP contribution in [-0.2, 0) is 7.05 Å². The van der Waals surface area contributed by atoms with E-state index in [1.54, 1.807) is 0 Å². The summed E-state index contributed by atoms with van der Waals surface area (Å²) in [6.07, 6.45) is -1.07. The van der Waals surface area contributed by atoms with Crippen LogP contribution in [0.5, 0.6) is 0 Å². The molecule has 0 amide bonds. The van der Waals surface area contributed by atoms with Gasteiger partial charge < -0.3 is 10.3 Å². The van der Waals surface area contributed by atoms with Crippen molar-refractivity contribution in [3.8, 4) is 0 Å². The molecule has 15 heavy (non-hydrogen) atoms. The summed E-state index contributed by atoms with van der Waals surface area (Å²) in [7, 11) is 1.95. The fraction of sp³-hybridized carbons (Fsp3) is 0.333. The molecule has 0 spiro atoms. The molecule has 2 nitrogen and oxygen atoms in total. The van der Waals surface area contributed by atoms with Crippen LogP contribution in [0.3, 0.4) is 0 Å². The highest BCUT2D eigenvalue weighted by Gasteiger charge is 2.18. The Morgan fingerprint density at radius 3 is 2.73 bits per heavy atom. The minimum Gasteiger partial charge on any atom is -0.348 e.